The third-order valence-electron chi connectivity index (χ3n) is 7.15. The summed E-state index contributed by atoms with van der Waals surface area (Å²) in [5.41, 5.74) is 1.73. The van der Waals surface area contributed by atoms with Crippen molar-refractivity contribution < 1.29 is 39.9 Å². The summed E-state index contributed by atoms with van der Waals surface area (Å²) in [5.74, 6) is -0.529. The highest BCUT2D eigenvalue weighted by Crippen LogP contribution is 2.31. The molecule has 5 atom stereocenters. The minimum atomic E-state index is -1.62. The highest BCUT2D eigenvalue weighted by molar-refractivity contribution is 7.13. The molecule has 0 radical (unpaired) electrons. The van der Waals surface area contributed by atoms with Crippen LogP contribution in [-0.2, 0) is 16.0 Å². The molecule has 1 aromatic carbocycles. The number of benzene rings is 1. The predicted octanol–water partition coefficient (Wildman–Crippen LogP) is 3.11. The van der Waals surface area contributed by atoms with Crippen LogP contribution >= 0.6 is 11.3 Å². The number of aliphatic hydroxyl groups excluding tert-OH is 5. The van der Waals surface area contributed by atoms with E-state index in [0.29, 0.717) is 11.3 Å². The summed E-state index contributed by atoms with van der Waals surface area (Å²) in [5, 5.41) is 48.1. The topological polar surface area (TPSA) is 148 Å². The average molecular weight is 564 g/mol. The van der Waals surface area contributed by atoms with Crippen molar-refractivity contribution in [2.75, 3.05) is 18.1 Å². The number of esters is 1. The van der Waals surface area contributed by atoms with Crippen LogP contribution in [0.25, 0.3) is 0 Å². The molecule has 1 amide bonds. The van der Waals surface area contributed by atoms with Crippen molar-refractivity contribution >= 4 is 28.9 Å². The summed E-state index contributed by atoms with van der Waals surface area (Å²) < 4.78 is 5.04. The largest absolute Gasteiger partial charge is 0.459 e. The molecule has 2 heterocycles. The van der Waals surface area contributed by atoms with Gasteiger partial charge in [-0.15, -0.1) is 11.3 Å². The van der Waals surface area contributed by atoms with Gasteiger partial charge < -0.3 is 35.2 Å². The zero-order chi connectivity index (χ0) is 28.4. The van der Waals surface area contributed by atoms with Crippen molar-refractivity contribution in [2.24, 2.45) is 0 Å². The molecule has 1 aliphatic heterocycles. The number of thiophene rings is 1. The maximum absolute atomic E-state index is 12.7. The fourth-order valence-electron chi connectivity index (χ4n) is 4.81. The Kier molecular flexibility index (Phi) is 12.4. The van der Waals surface area contributed by atoms with Gasteiger partial charge in [-0.05, 0) is 61.9 Å². The molecule has 1 saturated heterocycles. The number of hydrogen-bond donors (Lipinski definition) is 5. The zero-order valence-corrected chi connectivity index (χ0v) is 23.3. The van der Waals surface area contributed by atoms with Crippen LogP contribution in [0.15, 0.2) is 36.4 Å². The van der Waals surface area contributed by atoms with Gasteiger partial charge in [-0.3, -0.25) is 4.79 Å². The van der Waals surface area contributed by atoms with Gasteiger partial charge in [0.25, 0.3) is 0 Å². The summed E-state index contributed by atoms with van der Waals surface area (Å²) >= 11 is 1.29. The number of rotatable bonds is 16. The molecule has 10 heteroatoms. The number of anilines is 1. The quantitative estimate of drug-likeness (QED) is 0.155. The first kappa shape index (κ1) is 31.2. The van der Waals surface area contributed by atoms with Crippen LogP contribution in [0, 0.1) is 0 Å². The molecule has 5 N–H and O–H groups in total. The number of nitrogens with zero attached hydrogens (tertiary/aromatic N) is 1. The molecule has 1 aliphatic rings. The number of unbranched alkanes of at least 4 members (excludes halogenated alkanes) is 2. The second-order valence-electron chi connectivity index (χ2n) is 10.1. The number of aryl methyl sites for hydroxylation is 1. The maximum Gasteiger partial charge on any atom is 0.348 e. The number of carbonyl (C=O) groups is 2. The Labute approximate surface area is 233 Å². The molecule has 0 bridgehead atoms. The molecule has 1 aromatic heterocycles. The molecule has 2 aromatic rings. The van der Waals surface area contributed by atoms with Crippen molar-refractivity contribution in [1.82, 2.24) is 0 Å². The van der Waals surface area contributed by atoms with Gasteiger partial charge in [0, 0.05) is 23.0 Å². The van der Waals surface area contributed by atoms with Gasteiger partial charge in [0.1, 0.15) is 29.8 Å². The van der Waals surface area contributed by atoms with E-state index in [1.54, 1.807) is 6.07 Å². The van der Waals surface area contributed by atoms with E-state index < -0.39 is 43.6 Å². The Morgan fingerprint density at radius 3 is 2.49 bits per heavy atom. The van der Waals surface area contributed by atoms with Gasteiger partial charge >= 0.3 is 5.97 Å². The van der Waals surface area contributed by atoms with E-state index in [2.05, 4.69) is 6.92 Å². The lowest BCUT2D eigenvalue weighted by Crippen LogP contribution is -2.42. The Bertz CT molecular complexity index is 1040. The number of hydrogen-bond acceptors (Lipinski definition) is 9. The second-order valence-corrected chi connectivity index (χ2v) is 11.3. The molecular weight excluding hydrogens is 522 g/mol. The molecule has 216 valence electrons. The second kappa shape index (κ2) is 15.4. The van der Waals surface area contributed by atoms with Crippen LogP contribution in [-0.4, -0.2) is 75.0 Å². The Hall–Kier alpha value is -2.34. The molecule has 3 rings (SSSR count). The summed E-state index contributed by atoms with van der Waals surface area (Å²) in [4.78, 5) is 28.2. The van der Waals surface area contributed by atoms with Crippen LogP contribution < -0.4 is 4.90 Å². The van der Waals surface area contributed by atoms with Gasteiger partial charge in [-0.1, -0.05) is 38.3 Å². The third-order valence-corrected chi connectivity index (χ3v) is 8.27. The van der Waals surface area contributed by atoms with E-state index in [1.165, 1.54) is 11.3 Å². The number of ether oxygens (including phenoxy) is 1. The molecule has 39 heavy (non-hydrogen) atoms. The van der Waals surface area contributed by atoms with E-state index >= 15 is 0 Å². The van der Waals surface area contributed by atoms with Crippen molar-refractivity contribution in [3.05, 3.63) is 51.7 Å². The summed E-state index contributed by atoms with van der Waals surface area (Å²) in [7, 11) is 0. The molecule has 0 saturated carbocycles. The third kappa shape index (κ3) is 8.83. The van der Waals surface area contributed by atoms with Crippen LogP contribution in [0.1, 0.15) is 84.5 Å². The Morgan fingerprint density at radius 1 is 1.05 bits per heavy atom. The normalized spacial score (nSPS) is 18.7. The van der Waals surface area contributed by atoms with E-state index in [1.807, 2.05) is 35.2 Å². The number of aliphatic hydroxyl groups is 5. The first-order chi connectivity index (χ1) is 18.7. The summed E-state index contributed by atoms with van der Waals surface area (Å²) in [6.07, 6.45) is 2.49. The summed E-state index contributed by atoms with van der Waals surface area (Å²) in [6, 6.07) is 11.3. The molecule has 0 aliphatic carbocycles. The van der Waals surface area contributed by atoms with Crippen LogP contribution in [0.3, 0.4) is 0 Å². The summed E-state index contributed by atoms with van der Waals surface area (Å²) in [6.45, 7) is 0.912. The SMILES string of the molecule is CCCCC[C@H](O)c1ccc(N2C(=O)CC[C@@H]2CCCc2ccc(C(=O)OC[C@@H](O)[C@@H](O)[C@H](O)CO)s2)cc1. The standard InChI is InChI=1S/C29H41NO8S/c1-2-3-4-8-23(32)19-9-11-21(12-10-19)30-20(13-16-27(30)35)6-5-7-22-14-15-26(39-22)29(37)38-18-25(34)28(36)24(33)17-31/h9-12,14-15,20,23-25,28,31-34,36H,2-8,13,16-18H2,1H3/t20-,23-,24+,25+,28-/m0/s1. The minimum absolute atomic E-state index is 0.101. The predicted molar refractivity (Wildman–Crippen MR) is 149 cm³/mol. The van der Waals surface area contributed by atoms with Gasteiger partial charge in [0.2, 0.25) is 5.91 Å². The molecule has 9 nitrogen and oxygen atoms in total. The number of amides is 1. The smallest absolute Gasteiger partial charge is 0.348 e. The molecule has 0 spiro atoms. The number of carbonyl (C=O) groups excluding carboxylic acids is 2. The van der Waals surface area contributed by atoms with Gasteiger partial charge in [0.15, 0.2) is 0 Å². The Balaban J connectivity index is 1.48. The van der Waals surface area contributed by atoms with E-state index in [4.69, 9.17) is 9.84 Å². The lowest BCUT2D eigenvalue weighted by molar-refractivity contribution is -0.117. The monoisotopic (exact) mass is 563 g/mol. The van der Waals surface area contributed by atoms with Gasteiger partial charge in [-0.25, -0.2) is 4.79 Å². The van der Waals surface area contributed by atoms with Crippen molar-refractivity contribution in [1.29, 1.82) is 0 Å². The van der Waals surface area contributed by atoms with Crippen LogP contribution in [0.2, 0.25) is 0 Å². The molecule has 1 fully saturated rings. The average Bonchev–Trinajstić information content (AvgIpc) is 3.57. The van der Waals surface area contributed by atoms with Gasteiger partial charge in [-0.2, -0.15) is 0 Å². The highest BCUT2D eigenvalue weighted by Gasteiger charge is 2.32. The fourth-order valence-corrected chi connectivity index (χ4v) is 5.76. The van der Waals surface area contributed by atoms with Crippen molar-refractivity contribution in [3.8, 4) is 0 Å². The van der Waals surface area contributed by atoms with Crippen molar-refractivity contribution in [3.63, 3.8) is 0 Å². The lowest BCUT2D eigenvalue weighted by atomic mass is 10.0. The molecular formula is C29H41NO8S. The van der Waals surface area contributed by atoms with E-state index in [0.717, 1.165) is 67.5 Å². The fraction of sp³-hybridized carbons (Fsp3) is 0.586. The Morgan fingerprint density at radius 2 is 1.79 bits per heavy atom. The van der Waals surface area contributed by atoms with Crippen molar-refractivity contribution in [2.45, 2.75) is 95.2 Å². The first-order valence-electron chi connectivity index (χ1n) is 13.8. The van der Waals surface area contributed by atoms with Crippen LogP contribution in [0.5, 0.6) is 0 Å². The minimum Gasteiger partial charge on any atom is -0.459 e. The van der Waals surface area contributed by atoms with Gasteiger partial charge in [0.05, 0.1) is 12.7 Å². The zero-order valence-electron chi connectivity index (χ0n) is 22.4. The van der Waals surface area contributed by atoms with E-state index in [-0.39, 0.29) is 11.9 Å². The van der Waals surface area contributed by atoms with Crippen LogP contribution in [0.4, 0.5) is 5.69 Å². The molecule has 0 unspecified atom stereocenters. The maximum atomic E-state index is 12.7. The van der Waals surface area contributed by atoms with E-state index in [9.17, 15) is 30.0 Å². The highest BCUT2D eigenvalue weighted by atomic mass is 32.1. The lowest BCUT2D eigenvalue weighted by Gasteiger charge is -2.25. The first-order valence-corrected chi connectivity index (χ1v) is 14.6.